The summed E-state index contributed by atoms with van der Waals surface area (Å²) in [7, 11) is 0. The third-order valence-electron chi connectivity index (χ3n) is 13.0. The van der Waals surface area contributed by atoms with E-state index in [1.54, 1.807) is 5.57 Å². The zero-order chi connectivity index (χ0) is 37.3. The van der Waals surface area contributed by atoms with Gasteiger partial charge >= 0.3 is 0 Å². The van der Waals surface area contributed by atoms with Crippen molar-refractivity contribution in [3.8, 4) is 22.3 Å². The SMILES string of the molecule is CC1(C)C2=C(c3ccccc3CC2Cc2ccc(N(Cc3cccc(-c4ccccc4)c3)c3ccc4c(c3)C(C)(C)c3ccccc3-4)cc2)c2ccccc21. The highest BCUT2D eigenvalue weighted by atomic mass is 15.1. The maximum absolute atomic E-state index is 2.52. The van der Waals surface area contributed by atoms with E-state index < -0.39 is 0 Å². The minimum absolute atomic E-state index is 0.00381. The van der Waals surface area contributed by atoms with Crippen LogP contribution < -0.4 is 4.90 Å². The summed E-state index contributed by atoms with van der Waals surface area (Å²) in [5.74, 6) is 0.440. The molecule has 0 radical (unpaired) electrons. The summed E-state index contributed by atoms with van der Waals surface area (Å²) in [6.07, 6.45) is 2.10. The third-order valence-corrected chi connectivity index (χ3v) is 13.0. The number of nitrogens with zero attached hydrogens (tertiary/aromatic N) is 1. The topological polar surface area (TPSA) is 3.24 Å². The Morgan fingerprint density at radius 3 is 1.87 bits per heavy atom. The predicted octanol–water partition coefficient (Wildman–Crippen LogP) is 13.5. The van der Waals surface area contributed by atoms with E-state index in [0.717, 1.165) is 19.4 Å². The quantitative estimate of drug-likeness (QED) is 0.159. The van der Waals surface area contributed by atoms with Gasteiger partial charge in [-0.05, 0) is 127 Å². The van der Waals surface area contributed by atoms with E-state index in [4.69, 9.17) is 0 Å². The summed E-state index contributed by atoms with van der Waals surface area (Å²) in [6, 6.07) is 63.6. The molecule has 3 aliphatic rings. The number of fused-ring (bicyclic) bond motifs is 7. The van der Waals surface area contributed by atoms with Gasteiger partial charge in [0.1, 0.15) is 0 Å². The fourth-order valence-corrected chi connectivity index (χ4v) is 10.3. The van der Waals surface area contributed by atoms with Crippen LogP contribution in [0.5, 0.6) is 0 Å². The van der Waals surface area contributed by atoms with Gasteiger partial charge in [0.15, 0.2) is 0 Å². The van der Waals surface area contributed by atoms with Gasteiger partial charge in [-0.2, -0.15) is 0 Å². The summed E-state index contributed by atoms with van der Waals surface area (Å²) in [6.45, 7) is 10.4. The molecule has 0 saturated carbocycles. The number of rotatable bonds is 7. The molecule has 0 amide bonds. The van der Waals surface area contributed by atoms with Crippen LogP contribution in [-0.4, -0.2) is 0 Å². The van der Waals surface area contributed by atoms with E-state index in [2.05, 4.69) is 202 Å². The molecule has 55 heavy (non-hydrogen) atoms. The first-order valence-electron chi connectivity index (χ1n) is 20.0. The molecule has 0 bridgehead atoms. The Hall–Kier alpha value is -5.92. The third kappa shape index (κ3) is 5.51. The van der Waals surface area contributed by atoms with Gasteiger partial charge in [-0.3, -0.25) is 0 Å². The predicted molar refractivity (Wildman–Crippen MR) is 231 cm³/mol. The molecule has 268 valence electrons. The maximum atomic E-state index is 2.52. The van der Waals surface area contributed by atoms with E-state index in [1.165, 1.54) is 83.7 Å². The van der Waals surface area contributed by atoms with Crippen molar-refractivity contribution in [1.29, 1.82) is 0 Å². The van der Waals surface area contributed by atoms with Crippen LogP contribution in [0.15, 0.2) is 175 Å². The molecule has 1 heteroatoms. The Labute approximate surface area is 326 Å². The maximum Gasteiger partial charge on any atom is 0.0481 e. The second kappa shape index (κ2) is 12.8. The van der Waals surface area contributed by atoms with Gasteiger partial charge in [0.2, 0.25) is 0 Å². The van der Waals surface area contributed by atoms with Crippen LogP contribution in [0.3, 0.4) is 0 Å². The summed E-state index contributed by atoms with van der Waals surface area (Å²) in [5, 5.41) is 0. The summed E-state index contributed by atoms with van der Waals surface area (Å²) < 4.78 is 0. The minimum Gasteiger partial charge on any atom is -0.337 e. The standard InChI is InChI=1S/C54H47N/c1-53(2)48-23-12-10-21-45(48)46-30-29-43(34-50(46)53)55(35-37-15-14-19-39(32-37)38-16-6-5-7-17-38)42-27-25-36(26-28-42)31-41-33-40-18-8-9-20-44(40)51-47-22-11-13-24-49(47)54(3,4)52(41)51/h5-30,32,34,41H,31,33,35H2,1-4H3. The van der Waals surface area contributed by atoms with Crippen LogP contribution in [-0.2, 0) is 30.2 Å². The molecule has 0 saturated heterocycles. The first-order chi connectivity index (χ1) is 26.8. The lowest BCUT2D eigenvalue weighted by molar-refractivity contribution is 0.492. The van der Waals surface area contributed by atoms with Crippen molar-refractivity contribution in [3.05, 3.63) is 220 Å². The van der Waals surface area contributed by atoms with Gasteiger partial charge in [0.05, 0.1) is 0 Å². The van der Waals surface area contributed by atoms with Gasteiger partial charge in [0.25, 0.3) is 0 Å². The summed E-state index contributed by atoms with van der Waals surface area (Å²) >= 11 is 0. The zero-order valence-electron chi connectivity index (χ0n) is 32.3. The van der Waals surface area contributed by atoms with Crippen molar-refractivity contribution in [2.45, 2.75) is 57.9 Å². The lowest BCUT2D eigenvalue weighted by Crippen LogP contribution is -2.28. The van der Waals surface area contributed by atoms with Gasteiger partial charge in [-0.15, -0.1) is 0 Å². The first kappa shape index (κ1) is 33.6. The first-order valence-corrected chi connectivity index (χ1v) is 20.0. The number of hydrogen-bond donors (Lipinski definition) is 0. The smallest absolute Gasteiger partial charge is 0.0481 e. The molecule has 0 fully saturated rings. The van der Waals surface area contributed by atoms with Crippen LogP contribution in [0.1, 0.15) is 72.2 Å². The van der Waals surface area contributed by atoms with Crippen molar-refractivity contribution >= 4 is 16.9 Å². The van der Waals surface area contributed by atoms with Gasteiger partial charge in [0, 0.05) is 28.7 Å². The van der Waals surface area contributed by atoms with Crippen LogP contribution in [0.4, 0.5) is 11.4 Å². The summed E-state index contributed by atoms with van der Waals surface area (Å²) in [4.78, 5) is 2.52. The monoisotopic (exact) mass is 709 g/mol. The second-order valence-corrected chi connectivity index (χ2v) is 16.9. The van der Waals surface area contributed by atoms with Gasteiger partial charge in [-0.1, -0.05) is 167 Å². The Kier molecular flexibility index (Phi) is 7.86. The Balaban J connectivity index is 1.02. The van der Waals surface area contributed by atoms with Crippen LogP contribution in [0, 0.1) is 5.92 Å². The molecular weight excluding hydrogens is 663 g/mol. The summed E-state index contributed by atoms with van der Waals surface area (Å²) in [5.41, 5.74) is 21.9. The van der Waals surface area contributed by atoms with Crippen LogP contribution in [0.2, 0.25) is 0 Å². The van der Waals surface area contributed by atoms with Crippen molar-refractivity contribution in [2.24, 2.45) is 5.92 Å². The van der Waals surface area contributed by atoms with Crippen LogP contribution in [0.25, 0.3) is 27.8 Å². The molecule has 10 rings (SSSR count). The van der Waals surface area contributed by atoms with E-state index in [0.29, 0.717) is 5.92 Å². The lowest BCUT2D eigenvalue weighted by Gasteiger charge is -2.35. The fraction of sp³-hybridized carbons (Fsp3) is 0.185. The zero-order valence-corrected chi connectivity index (χ0v) is 32.3. The minimum atomic E-state index is -0.0650. The number of benzene rings is 7. The highest BCUT2D eigenvalue weighted by molar-refractivity contribution is 5.92. The molecule has 1 unspecified atom stereocenters. The van der Waals surface area contributed by atoms with Crippen molar-refractivity contribution < 1.29 is 0 Å². The molecule has 3 aliphatic carbocycles. The molecule has 7 aromatic rings. The Morgan fingerprint density at radius 1 is 0.473 bits per heavy atom. The molecular formula is C54H47N. The lowest BCUT2D eigenvalue weighted by atomic mass is 9.69. The van der Waals surface area contributed by atoms with E-state index in [9.17, 15) is 0 Å². The van der Waals surface area contributed by atoms with Crippen molar-refractivity contribution in [1.82, 2.24) is 0 Å². The molecule has 0 aromatic heterocycles. The highest BCUT2D eigenvalue weighted by Crippen LogP contribution is 2.55. The molecule has 0 aliphatic heterocycles. The van der Waals surface area contributed by atoms with Crippen LogP contribution >= 0.6 is 0 Å². The van der Waals surface area contributed by atoms with Crippen molar-refractivity contribution in [2.75, 3.05) is 4.90 Å². The molecule has 1 nitrogen and oxygen atoms in total. The van der Waals surface area contributed by atoms with Gasteiger partial charge in [-0.25, -0.2) is 0 Å². The highest BCUT2D eigenvalue weighted by Gasteiger charge is 2.44. The van der Waals surface area contributed by atoms with E-state index in [1.807, 2.05) is 0 Å². The number of allylic oxidation sites excluding steroid dienone is 1. The average molecular weight is 710 g/mol. The van der Waals surface area contributed by atoms with Gasteiger partial charge < -0.3 is 4.90 Å². The molecule has 0 heterocycles. The average Bonchev–Trinajstić information content (AvgIpc) is 3.61. The molecule has 0 spiro atoms. The molecule has 1 atom stereocenters. The molecule has 7 aromatic carbocycles. The van der Waals surface area contributed by atoms with E-state index in [-0.39, 0.29) is 10.8 Å². The van der Waals surface area contributed by atoms with Crippen molar-refractivity contribution in [3.63, 3.8) is 0 Å². The number of anilines is 2. The second-order valence-electron chi connectivity index (χ2n) is 16.9. The Bertz CT molecular complexity index is 2620. The van der Waals surface area contributed by atoms with E-state index >= 15 is 0 Å². The Morgan fingerprint density at radius 2 is 1.09 bits per heavy atom. The largest absolute Gasteiger partial charge is 0.337 e. The normalized spacial score (nSPS) is 16.8. The number of hydrogen-bond acceptors (Lipinski definition) is 1. The fourth-order valence-electron chi connectivity index (χ4n) is 10.3. The molecule has 0 N–H and O–H groups in total.